The zero-order valence-electron chi connectivity index (χ0n) is 21.7. The van der Waals surface area contributed by atoms with Gasteiger partial charge >= 0.3 is 0 Å². The van der Waals surface area contributed by atoms with Crippen LogP contribution in [0.25, 0.3) is 5.76 Å². The average Bonchev–Trinajstić information content (AvgIpc) is 3.25. The lowest BCUT2D eigenvalue weighted by Gasteiger charge is -2.26. The number of aliphatic hydroxyl groups is 1. The van der Waals surface area contributed by atoms with Crippen molar-refractivity contribution in [3.05, 3.63) is 131 Å². The Bertz CT molecular complexity index is 1580. The third kappa shape index (κ3) is 5.01. The van der Waals surface area contributed by atoms with Gasteiger partial charge < -0.3 is 24.2 Å². The second-order valence-electron chi connectivity index (χ2n) is 9.62. The Morgan fingerprint density at radius 2 is 1.50 bits per heavy atom. The fourth-order valence-electron chi connectivity index (χ4n) is 5.03. The van der Waals surface area contributed by atoms with Crippen LogP contribution < -0.4 is 14.2 Å². The first-order valence-corrected chi connectivity index (χ1v) is 13.1. The summed E-state index contributed by atoms with van der Waals surface area (Å²) in [5, 5.41) is 11.5. The summed E-state index contributed by atoms with van der Waals surface area (Å²) in [6.07, 6.45) is 0. The van der Waals surface area contributed by atoms with E-state index >= 15 is 0 Å². The summed E-state index contributed by atoms with van der Waals surface area (Å²) in [5.74, 6) is -0.0706. The minimum Gasteiger partial charge on any atom is -0.507 e. The molecule has 6 rings (SSSR count). The van der Waals surface area contributed by atoms with Gasteiger partial charge in [0.05, 0.1) is 11.6 Å². The number of aliphatic hydroxyl groups excluding tert-OH is 1. The highest BCUT2D eigenvalue weighted by molar-refractivity contribution is 6.46. The summed E-state index contributed by atoms with van der Waals surface area (Å²) in [6.45, 7) is 1.38. The van der Waals surface area contributed by atoms with Crippen LogP contribution in [0.2, 0.25) is 0 Å². The molecule has 1 fully saturated rings. The van der Waals surface area contributed by atoms with E-state index in [0.29, 0.717) is 48.2 Å². The van der Waals surface area contributed by atoms with E-state index in [0.717, 1.165) is 11.1 Å². The van der Waals surface area contributed by atoms with Crippen LogP contribution >= 0.6 is 0 Å². The largest absolute Gasteiger partial charge is 0.507 e. The predicted octanol–water partition coefficient (Wildman–Crippen LogP) is 5.66. The van der Waals surface area contributed by atoms with Crippen molar-refractivity contribution >= 4 is 17.4 Å². The molecule has 7 nitrogen and oxygen atoms in total. The second-order valence-corrected chi connectivity index (χ2v) is 9.62. The first kappa shape index (κ1) is 25.2. The number of carbonyl (C=O) groups is 2. The molecule has 0 radical (unpaired) electrons. The van der Waals surface area contributed by atoms with Gasteiger partial charge in [-0.15, -0.1) is 0 Å². The van der Waals surface area contributed by atoms with Crippen LogP contribution in [0.15, 0.2) is 109 Å². The van der Waals surface area contributed by atoms with Crippen molar-refractivity contribution in [2.75, 3.05) is 13.2 Å². The van der Waals surface area contributed by atoms with Crippen LogP contribution in [0, 0.1) is 0 Å². The number of likely N-dealkylation sites (tertiary alicyclic amines) is 1. The first-order chi connectivity index (χ1) is 19.6. The van der Waals surface area contributed by atoms with E-state index in [1.807, 2.05) is 84.9 Å². The normalized spacial score (nSPS) is 17.6. The van der Waals surface area contributed by atoms with Crippen LogP contribution in [0.3, 0.4) is 0 Å². The van der Waals surface area contributed by atoms with Gasteiger partial charge in [-0.2, -0.15) is 0 Å². The molecule has 7 heteroatoms. The molecule has 0 spiro atoms. The highest BCUT2D eigenvalue weighted by Crippen LogP contribution is 2.42. The summed E-state index contributed by atoms with van der Waals surface area (Å²) in [7, 11) is 0. The number of carbonyl (C=O) groups excluding carboxylic acids is 2. The lowest BCUT2D eigenvalue weighted by atomic mass is 9.94. The maximum atomic E-state index is 13.5. The first-order valence-electron chi connectivity index (χ1n) is 13.1. The minimum absolute atomic E-state index is 0.0119. The summed E-state index contributed by atoms with van der Waals surface area (Å²) < 4.78 is 17.3. The number of rotatable bonds is 7. The number of nitrogens with zero attached hydrogens (tertiary/aromatic N) is 1. The minimum atomic E-state index is -0.825. The van der Waals surface area contributed by atoms with E-state index in [9.17, 15) is 14.7 Å². The molecule has 4 aromatic rings. The van der Waals surface area contributed by atoms with E-state index in [1.54, 1.807) is 18.2 Å². The van der Waals surface area contributed by atoms with Gasteiger partial charge in [0.1, 0.15) is 31.3 Å². The molecule has 200 valence electrons. The van der Waals surface area contributed by atoms with Crippen LogP contribution in [0.1, 0.15) is 28.3 Å². The second kappa shape index (κ2) is 11.0. The Morgan fingerprint density at radius 3 is 2.25 bits per heavy atom. The van der Waals surface area contributed by atoms with E-state index in [1.165, 1.54) is 4.90 Å². The number of ether oxygens (including phenoxy) is 3. The number of hydrogen-bond donors (Lipinski definition) is 1. The Kier molecular flexibility index (Phi) is 6.93. The number of benzene rings is 4. The van der Waals surface area contributed by atoms with Crippen molar-refractivity contribution in [1.29, 1.82) is 0 Å². The highest BCUT2D eigenvalue weighted by Gasteiger charge is 2.46. The maximum absolute atomic E-state index is 13.5. The number of ketones is 1. The monoisotopic (exact) mass is 533 g/mol. The van der Waals surface area contributed by atoms with Gasteiger partial charge in [-0.3, -0.25) is 9.59 Å². The molecule has 40 heavy (non-hydrogen) atoms. The van der Waals surface area contributed by atoms with Crippen molar-refractivity contribution in [3.63, 3.8) is 0 Å². The molecular weight excluding hydrogens is 506 g/mol. The summed E-state index contributed by atoms with van der Waals surface area (Å²) in [4.78, 5) is 28.4. The van der Waals surface area contributed by atoms with Crippen molar-refractivity contribution < 1.29 is 28.9 Å². The van der Waals surface area contributed by atoms with Crippen LogP contribution in [0.5, 0.6) is 17.2 Å². The third-order valence-corrected chi connectivity index (χ3v) is 6.97. The molecule has 1 saturated heterocycles. The topological polar surface area (TPSA) is 85.3 Å². The molecule has 2 aliphatic heterocycles. The van der Waals surface area contributed by atoms with E-state index in [2.05, 4.69) is 0 Å². The fraction of sp³-hybridized carbons (Fsp3) is 0.152. The van der Waals surface area contributed by atoms with Crippen LogP contribution in [-0.4, -0.2) is 34.9 Å². The van der Waals surface area contributed by atoms with Gasteiger partial charge in [0.25, 0.3) is 11.7 Å². The number of amides is 1. The quantitative estimate of drug-likeness (QED) is 0.188. The molecule has 0 aromatic heterocycles. The highest BCUT2D eigenvalue weighted by atomic mass is 16.6. The van der Waals surface area contributed by atoms with E-state index in [-0.39, 0.29) is 17.9 Å². The molecule has 1 unspecified atom stereocenters. The zero-order valence-corrected chi connectivity index (χ0v) is 21.7. The molecule has 2 aliphatic rings. The van der Waals surface area contributed by atoms with Crippen molar-refractivity contribution in [2.45, 2.75) is 19.2 Å². The molecular formula is C33H27NO6. The lowest BCUT2D eigenvalue weighted by Crippen LogP contribution is -2.29. The van der Waals surface area contributed by atoms with E-state index in [4.69, 9.17) is 14.2 Å². The van der Waals surface area contributed by atoms with Crippen molar-refractivity contribution in [2.24, 2.45) is 0 Å². The van der Waals surface area contributed by atoms with Gasteiger partial charge in [-0.25, -0.2) is 0 Å². The van der Waals surface area contributed by atoms with Crippen molar-refractivity contribution in [3.8, 4) is 17.2 Å². The molecule has 1 N–H and O–H groups in total. The fourth-order valence-corrected chi connectivity index (χ4v) is 5.03. The number of hydrogen-bond acceptors (Lipinski definition) is 6. The maximum Gasteiger partial charge on any atom is 0.295 e. The third-order valence-electron chi connectivity index (χ3n) is 6.97. The predicted molar refractivity (Wildman–Crippen MR) is 149 cm³/mol. The van der Waals surface area contributed by atoms with Crippen LogP contribution in [-0.2, 0) is 22.7 Å². The van der Waals surface area contributed by atoms with Crippen LogP contribution in [0.4, 0.5) is 0 Å². The Balaban J connectivity index is 1.41. The molecule has 4 aromatic carbocycles. The Hall–Kier alpha value is -5.04. The Labute approximate surface area is 231 Å². The van der Waals surface area contributed by atoms with Gasteiger partial charge in [-0.1, -0.05) is 72.8 Å². The van der Waals surface area contributed by atoms with Gasteiger partial charge in [0.2, 0.25) is 0 Å². The van der Waals surface area contributed by atoms with E-state index < -0.39 is 17.7 Å². The van der Waals surface area contributed by atoms with Gasteiger partial charge in [0, 0.05) is 12.1 Å². The summed E-state index contributed by atoms with van der Waals surface area (Å²) in [5.41, 5.74) is 2.91. The zero-order chi connectivity index (χ0) is 27.5. The molecule has 1 atom stereocenters. The summed E-state index contributed by atoms with van der Waals surface area (Å²) in [6, 6.07) is 30.7. The molecule has 0 saturated carbocycles. The standard InChI is InChI=1S/C33H27NO6/c35-31(25-14-15-27-28(19-25)39-17-16-38-27)29-30(34(33(37)32(29)36)20-22-8-3-1-4-9-22)24-12-7-13-26(18-24)40-21-23-10-5-2-6-11-23/h1-15,18-19,30,35H,16-17,20-21H2/b31-29+. The Morgan fingerprint density at radius 1 is 0.800 bits per heavy atom. The number of Topliss-reactive ketones (excluding diaryl/α,β-unsaturated/α-hetero) is 1. The molecule has 0 bridgehead atoms. The lowest BCUT2D eigenvalue weighted by molar-refractivity contribution is -0.140. The van der Waals surface area contributed by atoms with Gasteiger partial charge in [-0.05, 0) is 47.0 Å². The average molecular weight is 534 g/mol. The number of fused-ring (bicyclic) bond motifs is 1. The molecule has 0 aliphatic carbocycles. The van der Waals surface area contributed by atoms with Crippen molar-refractivity contribution in [1.82, 2.24) is 4.90 Å². The van der Waals surface area contributed by atoms with Gasteiger partial charge in [0.15, 0.2) is 11.5 Å². The smallest absolute Gasteiger partial charge is 0.295 e. The summed E-state index contributed by atoms with van der Waals surface area (Å²) >= 11 is 0. The molecule has 2 heterocycles. The molecule has 1 amide bonds. The SMILES string of the molecule is O=C1C(=O)N(Cc2ccccc2)C(c2cccc(OCc3ccccc3)c2)/C1=C(\O)c1ccc2c(c1)OCCO2.